The van der Waals surface area contributed by atoms with E-state index in [1.807, 2.05) is 0 Å². The number of fused-ring (bicyclic) bond motifs is 1. The van der Waals surface area contributed by atoms with Crippen molar-refractivity contribution in [2.75, 3.05) is 0 Å². The van der Waals surface area contributed by atoms with Crippen molar-refractivity contribution < 1.29 is 4.79 Å². The molecule has 3 unspecified atom stereocenters. The summed E-state index contributed by atoms with van der Waals surface area (Å²) in [5, 5.41) is 0. The third-order valence-corrected chi connectivity index (χ3v) is 3.81. The van der Waals surface area contributed by atoms with Gasteiger partial charge in [-0.3, -0.25) is 0 Å². The maximum atomic E-state index is 10.9. The summed E-state index contributed by atoms with van der Waals surface area (Å²) in [6.07, 6.45) is 11.7. The molecular formula is C12H18O. The normalized spacial score (nSPS) is 44.1. The fourth-order valence-corrected chi connectivity index (χ4v) is 2.85. The second-order valence-corrected chi connectivity index (χ2v) is 4.98. The Morgan fingerprint density at radius 2 is 2.00 bits per heavy atom. The molecule has 1 saturated carbocycles. The maximum absolute atomic E-state index is 10.9. The first kappa shape index (κ1) is 8.98. The quantitative estimate of drug-likeness (QED) is 0.445. The van der Waals surface area contributed by atoms with Crippen molar-refractivity contribution in [1.29, 1.82) is 0 Å². The SMILES string of the molecule is CC1(C=O)CCC2CC=CCC2C1. The van der Waals surface area contributed by atoms with Crippen LogP contribution in [0.3, 0.4) is 0 Å². The Kier molecular flexibility index (Phi) is 2.27. The molecule has 13 heavy (non-hydrogen) atoms. The zero-order valence-corrected chi connectivity index (χ0v) is 8.33. The summed E-state index contributed by atoms with van der Waals surface area (Å²) in [5.74, 6) is 1.66. The van der Waals surface area contributed by atoms with Crippen molar-refractivity contribution >= 4 is 6.29 Å². The van der Waals surface area contributed by atoms with Crippen molar-refractivity contribution in [3.05, 3.63) is 12.2 Å². The monoisotopic (exact) mass is 178 g/mol. The molecule has 0 heterocycles. The van der Waals surface area contributed by atoms with Gasteiger partial charge in [-0.25, -0.2) is 0 Å². The van der Waals surface area contributed by atoms with Crippen LogP contribution >= 0.6 is 0 Å². The van der Waals surface area contributed by atoms with E-state index in [0.29, 0.717) is 0 Å². The minimum atomic E-state index is -0.00759. The smallest absolute Gasteiger partial charge is 0.125 e. The minimum Gasteiger partial charge on any atom is -0.303 e. The van der Waals surface area contributed by atoms with E-state index < -0.39 is 0 Å². The number of rotatable bonds is 1. The van der Waals surface area contributed by atoms with Crippen LogP contribution in [0.2, 0.25) is 0 Å². The molecule has 2 aliphatic rings. The fraction of sp³-hybridized carbons (Fsp3) is 0.750. The van der Waals surface area contributed by atoms with Gasteiger partial charge in [-0.05, 0) is 43.9 Å². The van der Waals surface area contributed by atoms with E-state index in [1.165, 1.54) is 25.5 Å². The molecule has 1 nitrogen and oxygen atoms in total. The first-order chi connectivity index (χ1) is 6.23. The van der Waals surface area contributed by atoms with Gasteiger partial charge in [0.05, 0.1) is 0 Å². The summed E-state index contributed by atoms with van der Waals surface area (Å²) in [6, 6.07) is 0. The molecule has 0 aromatic rings. The summed E-state index contributed by atoms with van der Waals surface area (Å²) in [4.78, 5) is 10.9. The maximum Gasteiger partial charge on any atom is 0.125 e. The van der Waals surface area contributed by atoms with Gasteiger partial charge >= 0.3 is 0 Å². The zero-order chi connectivity index (χ0) is 9.31. The molecule has 0 aromatic carbocycles. The lowest BCUT2D eigenvalue weighted by atomic mass is 9.64. The lowest BCUT2D eigenvalue weighted by Crippen LogP contribution is -2.33. The highest BCUT2D eigenvalue weighted by Gasteiger charge is 2.37. The van der Waals surface area contributed by atoms with Crippen molar-refractivity contribution in [2.24, 2.45) is 17.3 Å². The fourth-order valence-electron chi connectivity index (χ4n) is 2.85. The van der Waals surface area contributed by atoms with E-state index in [0.717, 1.165) is 24.7 Å². The minimum absolute atomic E-state index is 0.00759. The predicted octanol–water partition coefficient (Wildman–Crippen LogP) is 2.96. The van der Waals surface area contributed by atoms with E-state index in [1.54, 1.807) is 0 Å². The second kappa shape index (κ2) is 3.28. The highest BCUT2D eigenvalue weighted by Crippen LogP contribution is 2.45. The number of allylic oxidation sites excluding steroid dienone is 2. The first-order valence-corrected chi connectivity index (χ1v) is 5.35. The molecule has 0 bridgehead atoms. The molecule has 72 valence electrons. The Labute approximate surface area is 80.2 Å². The van der Waals surface area contributed by atoms with E-state index in [9.17, 15) is 4.79 Å². The van der Waals surface area contributed by atoms with Gasteiger partial charge in [0, 0.05) is 5.41 Å². The van der Waals surface area contributed by atoms with Crippen LogP contribution in [0.15, 0.2) is 12.2 Å². The van der Waals surface area contributed by atoms with Crippen LogP contribution in [0.4, 0.5) is 0 Å². The molecule has 0 saturated heterocycles. The van der Waals surface area contributed by atoms with Crippen LogP contribution in [-0.2, 0) is 4.79 Å². The zero-order valence-electron chi connectivity index (χ0n) is 8.33. The Morgan fingerprint density at radius 3 is 2.69 bits per heavy atom. The summed E-state index contributed by atoms with van der Waals surface area (Å²) in [6.45, 7) is 2.12. The molecule has 2 rings (SSSR count). The molecule has 1 heteroatoms. The van der Waals surface area contributed by atoms with Crippen molar-refractivity contribution in [1.82, 2.24) is 0 Å². The van der Waals surface area contributed by atoms with Crippen LogP contribution in [0.5, 0.6) is 0 Å². The second-order valence-electron chi connectivity index (χ2n) is 4.98. The van der Waals surface area contributed by atoms with Crippen molar-refractivity contribution in [3.63, 3.8) is 0 Å². The number of aldehydes is 1. The van der Waals surface area contributed by atoms with Crippen LogP contribution in [0.25, 0.3) is 0 Å². The van der Waals surface area contributed by atoms with Gasteiger partial charge < -0.3 is 4.79 Å². The topological polar surface area (TPSA) is 17.1 Å². The summed E-state index contributed by atoms with van der Waals surface area (Å²) in [5.41, 5.74) is -0.00759. The molecule has 3 atom stereocenters. The van der Waals surface area contributed by atoms with Gasteiger partial charge in [0.15, 0.2) is 0 Å². The molecule has 1 fully saturated rings. The number of carbonyl (C=O) groups is 1. The molecule has 0 amide bonds. The number of hydrogen-bond acceptors (Lipinski definition) is 1. The molecule has 0 aliphatic heterocycles. The van der Waals surface area contributed by atoms with Crippen LogP contribution in [0, 0.1) is 17.3 Å². The average Bonchev–Trinajstić information content (AvgIpc) is 2.18. The van der Waals surface area contributed by atoms with Gasteiger partial charge in [0.25, 0.3) is 0 Å². The van der Waals surface area contributed by atoms with E-state index >= 15 is 0 Å². The summed E-state index contributed by atoms with van der Waals surface area (Å²) >= 11 is 0. The predicted molar refractivity (Wildman–Crippen MR) is 53.4 cm³/mol. The highest BCUT2D eigenvalue weighted by molar-refractivity contribution is 5.58. The van der Waals surface area contributed by atoms with Crippen molar-refractivity contribution in [3.8, 4) is 0 Å². The Hall–Kier alpha value is -0.590. The van der Waals surface area contributed by atoms with Crippen molar-refractivity contribution in [2.45, 2.75) is 39.0 Å². The summed E-state index contributed by atoms with van der Waals surface area (Å²) < 4.78 is 0. The number of carbonyl (C=O) groups excluding carboxylic acids is 1. The van der Waals surface area contributed by atoms with Crippen LogP contribution < -0.4 is 0 Å². The molecule has 0 radical (unpaired) electrons. The summed E-state index contributed by atoms with van der Waals surface area (Å²) in [7, 11) is 0. The van der Waals surface area contributed by atoms with Crippen LogP contribution in [-0.4, -0.2) is 6.29 Å². The first-order valence-electron chi connectivity index (χ1n) is 5.35. The largest absolute Gasteiger partial charge is 0.303 e. The standard InChI is InChI=1S/C12H18O/c1-12(9-13)7-6-10-4-2-3-5-11(10)8-12/h2-3,9-11H,4-8H2,1H3. The Balaban J connectivity index is 2.07. The Morgan fingerprint density at radius 1 is 1.31 bits per heavy atom. The van der Waals surface area contributed by atoms with Gasteiger partial charge in [0.2, 0.25) is 0 Å². The van der Waals surface area contributed by atoms with Gasteiger partial charge in [-0.15, -0.1) is 0 Å². The lowest BCUT2D eigenvalue weighted by Gasteiger charge is -2.40. The number of hydrogen-bond donors (Lipinski definition) is 0. The van der Waals surface area contributed by atoms with E-state index in [2.05, 4.69) is 19.1 Å². The molecular weight excluding hydrogens is 160 g/mol. The van der Waals surface area contributed by atoms with Gasteiger partial charge in [-0.2, -0.15) is 0 Å². The average molecular weight is 178 g/mol. The van der Waals surface area contributed by atoms with Gasteiger partial charge in [0.1, 0.15) is 6.29 Å². The van der Waals surface area contributed by atoms with Crippen LogP contribution in [0.1, 0.15) is 39.0 Å². The Bertz CT molecular complexity index is 231. The molecule has 0 N–H and O–H groups in total. The van der Waals surface area contributed by atoms with E-state index in [-0.39, 0.29) is 5.41 Å². The third-order valence-electron chi connectivity index (χ3n) is 3.81. The van der Waals surface area contributed by atoms with E-state index in [4.69, 9.17) is 0 Å². The van der Waals surface area contributed by atoms with Gasteiger partial charge in [-0.1, -0.05) is 19.1 Å². The molecule has 2 aliphatic carbocycles. The molecule has 0 aromatic heterocycles. The molecule has 0 spiro atoms. The highest BCUT2D eigenvalue weighted by atomic mass is 16.1. The third kappa shape index (κ3) is 1.70. The lowest BCUT2D eigenvalue weighted by molar-refractivity contribution is -0.118.